The van der Waals surface area contributed by atoms with Gasteiger partial charge in [0, 0.05) is 17.4 Å². The predicted molar refractivity (Wildman–Crippen MR) is 68.9 cm³/mol. The lowest BCUT2D eigenvalue weighted by Gasteiger charge is -2.05. The molecule has 4 nitrogen and oxygen atoms in total. The smallest absolute Gasteiger partial charge is 0.219 e. The van der Waals surface area contributed by atoms with Crippen LogP contribution < -0.4 is 10.5 Å². The number of thioether (sulfide) groups is 1. The maximum atomic E-state index is 13.5. The summed E-state index contributed by atoms with van der Waals surface area (Å²) in [7, 11) is 1.46. The second-order valence-corrected chi connectivity index (χ2v) is 4.56. The molecule has 0 unspecified atom stereocenters. The molecule has 1 heterocycles. The van der Waals surface area contributed by atoms with Crippen LogP contribution in [-0.4, -0.2) is 17.1 Å². The maximum Gasteiger partial charge on any atom is 0.219 e. The Kier molecular flexibility index (Phi) is 4.16. The number of aromatic nitrogens is 2. The van der Waals surface area contributed by atoms with Gasteiger partial charge in [0.15, 0.2) is 16.8 Å². The van der Waals surface area contributed by atoms with Gasteiger partial charge in [0.2, 0.25) is 5.88 Å². The first kappa shape index (κ1) is 13.5. The summed E-state index contributed by atoms with van der Waals surface area (Å²) in [5.41, 5.74) is 5.82. The lowest BCUT2D eigenvalue weighted by Crippen LogP contribution is -1.98. The molecule has 0 fully saturated rings. The second kappa shape index (κ2) is 5.83. The molecule has 1 aromatic carbocycles. The van der Waals surface area contributed by atoms with Crippen LogP contribution in [0.1, 0.15) is 5.56 Å². The van der Waals surface area contributed by atoms with E-state index in [4.69, 9.17) is 10.5 Å². The van der Waals surface area contributed by atoms with Crippen LogP contribution in [0.4, 0.5) is 14.6 Å². The standard InChI is InChI=1S/C12H11F2N3OS/c1-18-10-5-9(15)16-12(17-10)19-6-7-3-2-4-8(13)11(7)14/h2-5H,6H2,1H3,(H2,15,16,17). The fourth-order valence-electron chi connectivity index (χ4n) is 1.39. The molecule has 7 heteroatoms. The molecular weight excluding hydrogens is 272 g/mol. The molecular formula is C12H11F2N3OS. The summed E-state index contributed by atoms with van der Waals surface area (Å²) in [4.78, 5) is 8.04. The van der Waals surface area contributed by atoms with Gasteiger partial charge in [-0.15, -0.1) is 0 Å². The first-order valence-corrected chi connectivity index (χ1v) is 6.33. The van der Waals surface area contributed by atoms with Crippen molar-refractivity contribution in [1.29, 1.82) is 0 Å². The van der Waals surface area contributed by atoms with Gasteiger partial charge in [-0.05, 0) is 6.07 Å². The monoisotopic (exact) mass is 283 g/mol. The van der Waals surface area contributed by atoms with Gasteiger partial charge in [0.25, 0.3) is 0 Å². The van der Waals surface area contributed by atoms with Gasteiger partial charge in [0.1, 0.15) is 5.82 Å². The molecule has 0 saturated heterocycles. The zero-order valence-corrected chi connectivity index (χ0v) is 10.9. The molecule has 0 aliphatic heterocycles. The molecule has 0 amide bonds. The third-order valence-electron chi connectivity index (χ3n) is 2.30. The van der Waals surface area contributed by atoms with E-state index in [0.29, 0.717) is 11.0 Å². The first-order valence-electron chi connectivity index (χ1n) is 5.34. The Morgan fingerprint density at radius 3 is 2.84 bits per heavy atom. The van der Waals surface area contributed by atoms with Gasteiger partial charge in [-0.3, -0.25) is 0 Å². The van der Waals surface area contributed by atoms with Crippen molar-refractivity contribution >= 4 is 17.6 Å². The zero-order chi connectivity index (χ0) is 13.8. The van der Waals surface area contributed by atoms with Crippen molar-refractivity contribution in [1.82, 2.24) is 9.97 Å². The largest absolute Gasteiger partial charge is 0.481 e. The van der Waals surface area contributed by atoms with E-state index in [0.717, 1.165) is 17.8 Å². The summed E-state index contributed by atoms with van der Waals surface area (Å²) in [6.07, 6.45) is 0. The molecule has 0 spiro atoms. The fraction of sp³-hybridized carbons (Fsp3) is 0.167. The number of nitrogen functional groups attached to an aromatic ring is 1. The molecule has 1 aromatic heterocycles. The number of anilines is 1. The van der Waals surface area contributed by atoms with Crippen LogP contribution in [0.25, 0.3) is 0 Å². The van der Waals surface area contributed by atoms with Gasteiger partial charge in [-0.2, -0.15) is 4.98 Å². The molecule has 2 rings (SSSR count). The van der Waals surface area contributed by atoms with Crippen LogP contribution in [0.5, 0.6) is 5.88 Å². The Bertz CT molecular complexity index is 595. The Balaban J connectivity index is 2.14. The van der Waals surface area contributed by atoms with Crippen LogP contribution >= 0.6 is 11.8 Å². The minimum Gasteiger partial charge on any atom is -0.481 e. The van der Waals surface area contributed by atoms with Crippen molar-refractivity contribution < 1.29 is 13.5 Å². The van der Waals surface area contributed by atoms with Crippen molar-refractivity contribution in [3.8, 4) is 5.88 Å². The van der Waals surface area contributed by atoms with Crippen LogP contribution in [0.15, 0.2) is 29.4 Å². The van der Waals surface area contributed by atoms with Crippen LogP contribution in [0, 0.1) is 11.6 Å². The van der Waals surface area contributed by atoms with Crippen LogP contribution in [0.2, 0.25) is 0 Å². The lowest BCUT2D eigenvalue weighted by molar-refractivity contribution is 0.393. The topological polar surface area (TPSA) is 61.0 Å². The van der Waals surface area contributed by atoms with E-state index < -0.39 is 11.6 Å². The first-order chi connectivity index (χ1) is 9.10. The van der Waals surface area contributed by atoms with E-state index in [2.05, 4.69) is 9.97 Å². The summed E-state index contributed by atoms with van der Waals surface area (Å²) < 4.78 is 31.4. The number of methoxy groups -OCH3 is 1. The van der Waals surface area contributed by atoms with Crippen molar-refractivity contribution in [3.05, 3.63) is 41.5 Å². The van der Waals surface area contributed by atoms with E-state index >= 15 is 0 Å². The Hall–Kier alpha value is -1.89. The van der Waals surface area contributed by atoms with Crippen molar-refractivity contribution in [2.75, 3.05) is 12.8 Å². The number of halogens is 2. The molecule has 0 radical (unpaired) electrons. The van der Waals surface area contributed by atoms with E-state index in [1.54, 1.807) is 0 Å². The minimum absolute atomic E-state index is 0.205. The number of hydrogen-bond acceptors (Lipinski definition) is 5. The highest BCUT2D eigenvalue weighted by Crippen LogP contribution is 2.24. The molecule has 100 valence electrons. The van der Waals surface area contributed by atoms with Gasteiger partial charge in [-0.1, -0.05) is 23.9 Å². The number of rotatable bonds is 4. The number of hydrogen-bond donors (Lipinski definition) is 1. The summed E-state index contributed by atoms with van der Waals surface area (Å²) >= 11 is 1.15. The molecule has 0 aliphatic carbocycles. The van der Waals surface area contributed by atoms with E-state index in [-0.39, 0.29) is 17.1 Å². The van der Waals surface area contributed by atoms with Crippen molar-refractivity contribution in [2.45, 2.75) is 10.9 Å². The molecule has 2 N–H and O–H groups in total. The Morgan fingerprint density at radius 2 is 2.11 bits per heavy atom. The lowest BCUT2D eigenvalue weighted by atomic mass is 10.2. The normalized spacial score (nSPS) is 10.5. The number of nitrogens with two attached hydrogens (primary N) is 1. The average Bonchev–Trinajstić information content (AvgIpc) is 2.40. The molecule has 0 atom stereocenters. The summed E-state index contributed by atoms with van der Waals surface area (Å²) in [5, 5.41) is 0.348. The van der Waals surface area contributed by atoms with Crippen molar-refractivity contribution in [3.63, 3.8) is 0 Å². The number of ether oxygens (including phenoxy) is 1. The average molecular weight is 283 g/mol. The highest BCUT2D eigenvalue weighted by Gasteiger charge is 2.10. The van der Waals surface area contributed by atoms with E-state index in [1.807, 2.05) is 0 Å². The number of benzene rings is 1. The molecule has 0 saturated carbocycles. The zero-order valence-electron chi connectivity index (χ0n) is 10.1. The fourth-order valence-corrected chi connectivity index (χ4v) is 2.22. The van der Waals surface area contributed by atoms with Gasteiger partial charge in [-0.25, -0.2) is 13.8 Å². The summed E-state index contributed by atoms with van der Waals surface area (Å²) in [5.74, 6) is -0.935. The van der Waals surface area contributed by atoms with Crippen LogP contribution in [0.3, 0.4) is 0 Å². The van der Waals surface area contributed by atoms with Crippen LogP contribution in [-0.2, 0) is 5.75 Å². The number of nitrogens with zero attached hydrogens (tertiary/aromatic N) is 2. The van der Waals surface area contributed by atoms with Gasteiger partial charge in [0.05, 0.1) is 7.11 Å². The van der Waals surface area contributed by atoms with E-state index in [1.165, 1.54) is 25.3 Å². The second-order valence-electron chi connectivity index (χ2n) is 3.62. The quantitative estimate of drug-likeness (QED) is 0.690. The molecule has 2 aromatic rings. The predicted octanol–water partition coefficient (Wildman–Crippen LogP) is 2.64. The third kappa shape index (κ3) is 3.31. The summed E-state index contributed by atoms with van der Waals surface area (Å²) in [6.45, 7) is 0. The molecule has 19 heavy (non-hydrogen) atoms. The summed E-state index contributed by atoms with van der Waals surface area (Å²) in [6, 6.07) is 5.51. The van der Waals surface area contributed by atoms with Crippen molar-refractivity contribution in [2.24, 2.45) is 0 Å². The van der Waals surface area contributed by atoms with E-state index in [9.17, 15) is 8.78 Å². The Labute approximate surface area is 113 Å². The molecule has 0 aliphatic rings. The minimum atomic E-state index is -0.871. The highest BCUT2D eigenvalue weighted by atomic mass is 32.2. The maximum absolute atomic E-state index is 13.5. The molecule has 0 bridgehead atoms. The Morgan fingerprint density at radius 1 is 1.32 bits per heavy atom. The van der Waals surface area contributed by atoms with Gasteiger partial charge < -0.3 is 10.5 Å². The third-order valence-corrected chi connectivity index (χ3v) is 3.20. The SMILES string of the molecule is COc1cc(N)nc(SCc2cccc(F)c2F)n1. The van der Waals surface area contributed by atoms with Gasteiger partial charge >= 0.3 is 0 Å². The highest BCUT2D eigenvalue weighted by molar-refractivity contribution is 7.98.